The third kappa shape index (κ3) is 5.51. The summed E-state index contributed by atoms with van der Waals surface area (Å²) in [4.78, 5) is 23.8. The summed E-state index contributed by atoms with van der Waals surface area (Å²) in [6.45, 7) is 1.97. The third-order valence-corrected chi connectivity index (χ3v) is 4.16. The van der Waals surface area contributed by atoms with Gasteiger partial charge < -0.3 is 5.32 Å². The highest BCUT2D eigenvalue weighted by Gasteiger charge is 2.21. The quantitative estimate of drug-likeness (QED) is 0.626. The van der Waals surface area contributed by atoms with Gasteiger partial charge in [-0.3, -0.25) is 9.59 Å². The van der Waals surface area contributed by atoms with Crippen LogP contribution in [0.5, 0.6) is 0 Å². The Hall–Kier alpha value is -2.17. The Balaban J connectivity index is 1.79. The van der Waals surface area contributed by atoms with E-state index in [2.05, 4.69) is 15.8 Å². The van der Waals surface area contributed by atoms with Gasteiger partial charge in [0.15, 0.2) is 0 Å². The lowest BCUT2D eigenvalue weighted by Gasteiger charge is -2.20. The van der Waals surface area contributed by atoms with E-state index < -0.39 is 0 Å². The van der Waals surface area contributed by atoms with E-state index >= 15 is 0 Å². The van der Waals surface area contributed by atoms with Gasteiger partial charge in [0.2, 0.25) is 5.91 Å². The van der Waals surface area contributed by atoms with E-state index in [0.717, 1.165) is 43.4 Å². The molecule has 0 aromatic heterocycles. The van der Waals surface area contributed by atoms with Crippen LogP contribution in [-0.2, 0) is 9.59 Å². The Morgan fingerprint density at radius 3 is 2.48 bits per heavy atom. The first-order chi connectivity index (χ1) is 11.2. The zero-order chi connectivity index (χ0) is 16.5. The van der Waals surface area contributed by atoms with E-state index in [-0.39, 0.29) is 24.3 Å². The van der Waals surface area contributed by atoms with Crippen molar-refractivity contribution in [2.45, 2.75) is 45.4 Å². The first-order valence-electron chi connectivity index (χ1n) is 8.39. The van der Waals surface area contributed by atoms with Crippen molar-refractivity contribution >= 4 is 17.5 Å². The molecule has 0 spiro atoms. The summed E-state index contributed by atoms with van der Waals surface area (Å²) < 4.78 is 0. The van der Waals surface area contributed by atoms with Gasteiger partial charge in [-0.25, -0.2) is 5.43 Å². The summed E-state index contributed by atoms with van der Waals surface area (Å²) in [7, 11) is 0. The monoisotopic (exact) mass is 315 g/mol. The lowest BCUT2D eigenvalue weighted by molar-refractivity contribution is -0.129. The van der Waals surface area contributed by atoms with Crippen LogP contribution in [0, 0.1) is 5.92 Å². The minimum Gasteiger partial charge on any atom is -0.347 e. The predicted molar refractivity (Wildman–Crippen MR) is 91.0 cm³/mol. The van der Waals surface area contributed by atoms with Crippen LogP contribution in [-0.4, -0.2) is 24.1 Å². The van der Waals surface area contributed by atoms with Gasteiger partial charge in [0.1, 0.15) is 0 Å². The fraction of sp³-hybridized carbons (Fsp3) is 0.500. The summed E-state index contributed by atoms with van der Waals surface area (Å²) in [5.74, 6) is -0.241. The Morgan fingerprint density at radius 2 is 1.83 bits per heavy atom. The first kappa shape index (κ1) is 17.2. The molecule has 1 aliphatic carbocycles. The lowest BCUT2D eigenvalue weighted by Crippen LogP contribution is -2.39. The molecule has 23 heavy (non-hydrogen) atoms. The number of hydrazone groups is 1. The van der Waals surface area contributed by atoms with Crippen LogP contribution in [0.4, 0.5) is 0 Å². The molecule has 2 rings (SSSR count). The van der Waals surface area contributed by atoms with Crippen LogP contribution >= 0.6 is 0 Å². The molecule has 0 unspecified atom stereocenters. The Labute approximate surface area is 137 Å². The number of amides is 2. The minimum absolute atomic E-state index is 0.0115. The maximum Gasteiger partial charge on any atom is 0.259 e. The third-order valence-electron chi connectivity index (χ3n) is 4.16. The minimum atomic E-state index is -0.295. The van der Waals surface area contributed by atoms with Crippen molar-refractivity contribution in [1.29, 1.82) is 0 Å². The Morgan fingerprint density at radius 1 is 1.13 bits per heavy atom. The molecule has 0 saturated heterocycles. The number of nitrogens with one attached hydrogen (secondary N) is 2. The fourth-order valence-corrected chi connectivity index (χ4v) is 2.82. The molecule has 2 amide bonds. The van der Waals surface area contributed by atoms with Gasteiger partial charge in [0, 0.05) is 5.92 Å². The van der Waals surface area contributed by atoms with Crippen molar-refractivity contribution in [2.75, 3.05) is 6.54 Å². The summed E-state index contributed by atoms with van der Waals surface area (Å²) in [6, 6.07) is 9.73. The molecule has 5 nitrogen and oxygen atoms in total. The topological polar surface area (TPSA) is 70.6 Å². The molecule has 1 saturated carbocycles. The molecule has 124 valence electrons. The first-order valence-corrected chi connectivity index (χ1v) is 8.39. The van der Waals surface area contributed by atoms with Crippen molar-refractivity contribution in [2.24, 2.45) is 11.0 Å². The van der Waals surface area contributed by atoms with Crippen LogP contribution in [0.1, 0.15) is 51.0 Å². The maximum atomic E-state index is 12.0. The van der Waals surface area contributed by atoms with E-state index in [4.69, 9.17) is 0 Å². The van der Waals surface area contributed by atoms with Crippen LogP contribution in [0.3, 0.4) is 0 Å². The standard InChI is InChI=1S/C18H25N3O2/c1-2-16(14-9-5-3-6-10-14)20-21-17(22)13-19-18(23)15-11-7-4-8-12-15/h3,5-6,9-10,15H,2,4,7-8,11-13H2,1H3,(H,19,23)(H,21,22). The molecule has 0 bridgehead atoms. The van der Waals surface area contributed by atoms with Crippen LogP contribution < -0.4 is 10.7 Å². The maximum absolute atomic E-state index is 12.0. The number of hydrogen-bond acceptors (Lipinski definition) is 3. The van der Waals surface area contributed by atoms with E-state index in [1.807, 2.05) is 37.3 Å². The molecular weight excluding hydrogens is 290 g/mol. The van der Waals surface area contributed by atoms with Gasteiger partial charge in [-0.15, -0.1) is 0 Å². The number of carbonyl (C=O) groups excluding carboxylic acids is 2. The number of nitrogens with zero attached hydrogens (tertiary/aromatic N) is 1. The predicted octanol–water partition coefficient (Wildman–Crippen LogP) is 2.61. The van der Waals surface area contributed by atoms with Gasteiger partial charge in [-0.1, -0.05) is 56.5 Å². The van der Waals surface area contributed by atoms with Gasteiger partial charge in [-0.05, 0) is 24.8 Å². The molecule has 2 N–H and O–H groups in total. The second-order valence-electron chi connectivity index (χ2n) is 5.87. The van der Waals surface area contributed by atoms with Crippen LogP contribution in [0.15, 0.2) is 35.4 Å². The lowest BCUT2D eigenvalue weighted by atomic mass is 9.89. The number of carbonyl (C=O) groups is 2. The van der Waals surface area contributed by atoms with Crippen LogP contribution in [0.2, 0.25) is 0 Å². The summed E-state index contributed by atoms with van der Waals surface area (Å²) in [6.07, 6.45) is 5.99. The molecule has 0 radical (unpaired) electrons. The number of hydrogen-bond donors (Lipinski definition) is 2. The van der Waals surface area contributed by atoms with Gasteiger partial charge in [0.05, 0.1) is 12.3 Å². The molecule has 1 aliphatic rings. The number of benzene rings is 1. The Kier molecular flexibility index (Phi) is 6.78. The zero-order valence-electron chi connectivity index (χ0n) is 13.7. The second-order valence-corrected chi connectivity index (χ2v) is 5.87. The van der Waals surface area contributed by atoms with Crippen molar-refractivity contribution in [3.05, 3.63) is 35.9 Å². The van der Waals surface area contributed by atoms with Crippen molar-refractivity contribution < 1.29 is 9.59 Å². The van der Waals surface area contributed by atoms with E-state index in [0.29, 0.717) is 0 Å². The van der Waals surface area contributed by atoms with E-state index in [1.165, 1.54) is 6.42 Å². The molecule has 0 aliphatic heterocycles. The largest absolute Gasteiger partial charge is 0.347 e. The highest BCUT2D eigenvalue weighted by molar-refractivity contribution is 6.01. The van der Waals surface area contributed by atoms with Crippen molar-refractivity contribution in [3.8, 4) is 0 Å². The summed E-state index contributed by atoms with van der Waals surface area (Å²) in [5, 5.41) is 6.88. The highest BCUT2D eigenvalue weighted by atomic mass is 16.2. The molecule has 1 aromatic carbocycles. The van der Waals surface area contributed by atoms with Crippen molar-refractivity contribution in [3.63, 3.8) is 0 Å². The smallest absolute Gasteiger partial charge is 0.259 e. The highest BCUT2D eigenvalue weighted by Crippen LogP contribution is 2.23. The number of rotatable bonds is 6. The molecule has 0 heterocycles. The van der Waals surface area contributed by atoms with Crippen LogP contribution in [0.25, 0.3) is 0 Å². The molecular formula is C18H25N3O2. The SMILES string of the molecule is CCC(=NNC(=O)CNC(=O)C1CCCCC1)c1ccccc1. The average molecular weight is 315 g/mol. The molecule has 5 heteroatoms. The van der Waals surface area contributed by atoms with E-state index in [9.17, 15) is 9.59 Å². The Bertz CT molecular complexity index is 549. The second kappa shape index (κ2) is 9.08. The van der Waals surface area contributed by atoms with Gasteiger partial charge >= 0.3 is 0 Å². The summed E-state index contributed by atoms with van der Waals surface area (Å²) in [5.41, 5.74) is 4.33. The molecule has 1 fully saturated rings. The fourth-order valence-electron chi connectivity index (χ4n) is 2.82. The van der Waals surface area contributed by atoms with Gasteiger partial charge in [-0.2, -0.15) is 5.10 Å². The normalized spacial score (nSPS) is 16.0. The average Bonchev–Trinajstić information content (AvgIpc) is 2.62. The van der Waals surface area contributed by atoms with Gasteiger partial charge in [0.25, 0.3) is 5.91 Å². The molecule has 1 aromatic rings. The van der Waals surface area contributed by atoms with Crippen molar-refractivity contribution in [1.82, 2.24) is 10.7 Å². The van der Waals surface area contributed by atoms with E-state index in [1.54, 1.807) is 0 Å². The zero-order valence-corrected chi connectivity index (χ0v) is 13.7. The molecule has 0 atom stereocenters. The summed E-state index contributed by atoms with van der Waals surface area (Å²) >= 11 is 0.